The van der Waals surface area contributed by atoms with E-state index in [-0.39, 0.29) is 6.54 Å². The predicted molar refractivity (Wildman–Crippen MR) is 69.4 cm³/mol. The molecule has 1 aromatic carbocycles. The van der Waals surface area contributed by atoms with Gasteiger partial charge in [-0.2, -0.15) is 0 Å². The van der Waals surface area contributed by atoms with Crippen LogP contribution in [0, 0.1) is 12.7 Å². The molecule has 100 valence electrons. The summed E-state index contributed by atoms with van der Waals surface area (Å²) in [6.07, 6.45) is 1.24. The quantitative estimate of drug-likeness (QED) is 0.932. The predicted octanol–water partition coefficient (Wildman–Crippen LogP) is 2.01. The van der Waals surface area contributed by atoms with Gasteiger partial charge in [-0.3, -0.25) is 0 Å². The first-order chi connectivity index (χ1) is 9.00. The highest BCUT2D eigenvalue weighted by atomic mass is 32.2. The molecule has 0 amide bonds. The maximum atomic E-state index is 13.4. The van der Waals surface area contributed by atoms with Gasteiger partial charge in [0.15, 0.2) is 5.82 Å². The van der Waals surface area contributed by atoms with Crippen LogP contribution in [0.2, 0.25) is 0 Å². The molecule has 0 spiro atoms. The number of hydrogen-bond acceptors (Lipinski definition) is 3. The maximum absolute atomic E-state index is 13.4. The lowest BCUT2D eigenvalue weighted by atomic mass is 10.1. The van der Waals surface area contributed by atoms with Crippen LogP contribution in [0.5, 0.6) is 0 Å². The normalized spacial score (nSPS) is 11.5. The van der Waals surface area contributed by atoms with Gasteiger partial charge >= 0.3 is 0 Å². The van der Waals surface area contributed by atoms with Crippen LogP contribution in [-0.2, 0) is 16.6 Å². The maximum Gasteiger partial charge on any atom is 0.261 e. The van der Waals surface area contributed by atoms with E-state index >= 15 is 0 Å². The second-order valence-electron chi connectivity index (χ2n) is 4.04. The summed E-state index contributed by atoms with van der Waals surface area (Å²) in [4.78, 5) is 3.56. The van der Waals surface area contributed by atoms with E-state index in [1.165, 1.54) is 12.3 Å². The van der Waals surface area contributed by atoms with Crippen molar-refractivity contribution in [3.05, 3.63) is 59.5 Å². The van der Waals surface area contributed by atoms with Gasteiger partial charge in [0.2, 0.25) is 5.03 Å². The first-order valence-corrected chi connectivity index (χ1v) is 7.14. The Labute approximate surface area is 111 Å². The Hall–Kier alpha value is -1.79. The molecule has 1 N–H and O–H groups in total. The summed E-state index contributed by atoms with van der Waals surface area (Å²) in [6, 6.07) is 9.78. The van der Waals surface area contributed by atoms with Crippen molar-refractivity contribution < 1.29 is 12.8 Å². The van der Waals surface area contributed by atoms with Gasteiger partial charge in [0, 0.05) is 12.7 Å². The number of aromatic nitrogens is 1. The molecule has 0 fully saturated rings. The van der Waals surface area contributed by atoms with Gasteiger partial charge in [-0.15, -0.1) is 0 Å². The number of halogens is 1. The Kier molecular flexibility index (Phi) is 3.92. The van der Waals surface area contributed by atoms with Gasteiger partial charge < -0.3 is 0 Å². The van der Waals surface area contributed by atoms with E-state index in [9.17, 15) is 12.8 Å². The molecule has 0 atom stereocenters. The monoisotopic (exact) mass is 280 g/mol. The third-order valence-electron chi connectivity index (χ3n) is 2.69. The Morgan fingerprint density at radius 2 is 1.95 bits per heavy atom. The van der Waals surface area contributed by atoms with E-state index in [0.29, 0.717) is 0 Å². The van der Waals surface area contributed by atoms with Crippen molar-refractivity contribution in [1.29, 1.82) is 0 Å². The molecule has 4 nitrogen and oxygen atoms in total. The molecule has 0 unspecified atom stereocenters. The lowest BCUT2D eigenvalue weighted by Crippen LogP contribution is -2.25. The van der Waals surface area contributed by atoms with Gasteiger partial charge in [0.1, 0.15) is 0 Å². The lowest BCUT2D eigenvalue weighted by molar-refractivity contribution is 0.544. The standard InChI is InChI=1S/C13H13FN2O2S/c1-10-5-2-3-6-11(10)9-16-19(17,18)13-12(14)7-4-8-15-13/h2-8,16H,9H2,1H3. The number of hydrogen-bond donors (Lipinski definition) is 1. The second-order valence-corrected chi connectivity index (χ2v) is 5.72. The zero-order valence-corrected chi connectivity index (χ0v) is 11.1. The first-order valence-electron chi connectivity index (χ1n) is 5.65. The molecule has 0 saturated heterocycles. The third kappa shape index (κ3) is 3.15. The summed E-state index contributed by atoms with van der Waals surface area (Å²) in [5, 5.41) is -0.580. The third-order valence-corrected chi connectivity index (χ3v) is 4.03. The molecule has 1 heterocycles. The molecule has 0 aliphatic rings. The molecule has 6 heteroatoms. The topological polar surface area (TPSA) is 59.1 Å². The minimum atomic E-state index is -3.94. The molecule has 0 radical (unpaired) electrons. The summed E-state index contributed by atoms with van der Waals surface area (Å²) in [7, 11) is -3.94. The van der Waals surface area contributed by atoms with E-state index in [2.05, 4.69) is 9.71 Å². The van der Waals surface area contributed by atoms with Gasteiger partial charge in [-0.05, 0) is 30.2 Å². The highest BCUT2D eigenvalue weighted by Gasteiger charge is 2.20. The lowest BCUT2D eigenvalue weighted by Gasteiger charge is -2.08. The van der Waals surface area contributed by atoms with Crippen molar-refractivity contribution in [1.82, 2.24) is 9.71 Å². The number of rotatable bonds is 4. The molecule has 2 aromatic rings. The van der Waals surface area contributed by atoms with Crippen LogP contribution in [0.25, 0.3) is 0 Å². The van der Waals surface area contributed by atoms with Crippen LogP contribution < -0.4 is 4.72 Å². The van der Waals surface area contributed by atoms with Crippen LogP contribution in [0.15, 0.2) is 47.6 Å². The largest absolute Gasteiger partial charge is 0.261 e. The fourth-order valence-electron chi connectivity index (χ4n) is 1.62. The van der Waals surface area contributed by atoms with Gasteiger partial charge in [-0.25, -0.2) is 22.5 Å². The van der Waals surface area contributed by atoms with Crippen molar-refractivity contribution in [2.24, 2.45) is 0 Å². The van der Waals surface area contributed by atoms with Crippen LogP contribution in [0.3, 0.4) is 0 Å². The van der Waals surface area contributed by atoms with Crippen molar-refractivity contribution >= 4 is 10.0 Å². The molecule has 0 aliphatic heterocycles. The number of pyridine rings is 1. The van der Waals surface area contributed by atoms with Crippen molar-refractivity contribution in [3.8, 4) is 0 Å². The van der Waals surface area contributed by atoms with E-state index in [4.69, 9.17) is 0 Å². The molecule has 0 aliphatic carbocycles. The number of benzene rings is 1. The molecule has 0 bridgehead atoms. The molecular formula is C13H13FN2O2S. The fourth-order valence-corrected chi connectivity index (χ4v) is 2.63. The molecule has 1 aromatic heterocycles. The molecular weight excluding hydrogens is 267 g/mol. The Morgan fingerprint density at radius 1 is 1.21 bits per heavy atom. The minimum absolute atomic E-state index is 0.102. The highest BCUT2D eigenvalue weighted by molar-refractivity contribution is 7.89. The summed E-state index contributed by atoms with van der Waals surface area (Å²) < 4.78 is 39.6. The summed E-state index contributed by atoms with van der Waals surface area (Å²) in [5.41, 5.74) is 1.80. The van der Waals surface area contributed by atoms with E-state index in [1.54, 1.807) is 0 Å². The van der Waals surface area contributed by atoms with E-state index in [1.807, 2.05) is 31.2 Å². The minimum Gasteiger partial charge on any atom is -0.241 e. The van der Waals surface area contributed by atoms with Gasteiger partial charge in [-0.1, -0.05) is 24.3 Å². The van der Waals surface area contributed by atoms with Crippen LogP contribution in [0.1, 0.15) is 11.1 Å². The average molecular weight is 280 g/mol. The highest BCUT2D eigenvalue weighted by Crippen LogP contribution is 2.12. The Bertz CT molecular complexity index is 687. The number of nitrogens with zero attached hydrogens (tertiary/aromatic N) is 1. The first kappa shape index (κ1) is 13.6. The van der Waals surface area contributed by atoms with Crippen molar-refractivity contribution in [3.63, 3.8) is 0 Å². The van der Waals surface area contributed by atoms with Crippen LogP contribution in [0.4, 0.5) is 4.39 Å². The second kappa shape index (κ2) is 5.46. The van der Waals surface area contributed by atoms with Crippen molar-refractivity contribution in [2.75, 3.05) is 0 Å². The van der Waals surface area contributed by atoms with Crippen LogP contribution in [-0.4, -0.2) is 13.4 Å². The van der Waals surface area contributed by atoms with Crippen molar-refractivity contribution in [2.45, 2.75) is 18.5 Å². The summed E-state index contributed by atoms with van der Waals surface area (Å²) >= 11 is 0. The van der Waals surface area contributed by atoms with Crippen LogP contribution >= 0.6 is 0 Å². The summed E-state index contributed by atoms with van der Waals surface area (Å²) in [5.74, 6) is -0.861. The number of aryl methyl sites for hydroxylation is 1. The zero-order chi connectivity index (χ0) is 13.9. The SMILES string of the molecule is Cc1ccccc1CNS(=O)(=O)c1ncccc1F. The zero-order valence-electron chi connectivity index (χ0n) is 10.3. The smallest absolute Gasteiger partial charge is 0.241 e. The van der Waals surface area contributed by atoms with E-state index in [0.717, 1.165) is 17.2 Å². The fraction of sp³-hybridized carbons (Fsp3) is 0.154. The number of nitrogens with one attached hydrogen (secondary N) is 1. The Balaban J connectivity index is 2.20. The molecule has 2 rings (SSSR count). The average Bonchev–Trinajstić information content (AvgIpc) is 2.38. The molecule has 19 heavy (non-hydrogen) atoms. The summed E-state index contributed by atoms with van der Waals surface area (Å²) in [6.45, 7) is 1.98. The van der Waals surface area contributed by atoms with Gasteiger partial charge in [0.25, 0.3) is 10.0 Å². The van der Waals surface area contributed by atoms with Gasteiger partial charge in [0.05, 0.1) is 0 Å². The number of sulfonamides is 1. The molecule has 0 saturated carbocycles. The Morgan fingerprint density at radius 3 is 2.63 bits per heavy atom. The van der Waals surface area contributed by atoms with E-state index < -0.39 is 20.9 Å².